The lowest BCUT2D eigenvalue weighted by Gasteiger charge is -2.40. The van der Waals surface area contributed by atoms with Gasteiger partial charge in [-0.25, -0.2) is 14.5 Å². The maximum Gasteiger partial charge on any atom is 0.410 e. The van der Waals surface area contributed by atoms with Crippen molar-refractivity contribution in [3.05, 3.63) is 87.1 Å². The van der Waals surface area contributed by atoms with E-state index in [4.69, 9.17) is 27.9 Å². The van der Waals surface area contributed by atoms with Gasteiger partial charge in [-0.15, -0.1) is 5.10 Å². The van der Waals surface area contributed by atoms with Gasteiger partial charge < -0.3 is 10.1 Å². The molecule has 49 heavy (non-hydrogen) atoms. The van der Waals surface area contributed by atoms with Gasteiger partial charge in [0.05, 0.1) is 36.5 Å². The molecule has 0 radical (unpaired) electrons. The Morgan fingerprint density at radius 1 is 1.00 bits per heavy atom. The number of fused-ring (bicyclic) bond motifs is 4. The zero-order chi connectivity index (χ0) is 34.9. The van der Waals surface area contributed by atoms with Crippen molar-refractivity contribution in [3.8, 4) is 16.9 Å². The minimum absolute atomic E-state index is 0.0305. The summed E-state index contributed by atoms with van der Waals surface area (Å²) in [4.78, 5) is 61.4. The van der Waals surface area contributed by atoms with Crippen LogP contribution in [-0.2, 0) is 14.3 Å². The first-order valence-electron chi connectivity index (χ1n) is 16.0. The largest absolute Gasteiger partial charge is 0.444 e. The molecular formula is C34H36Cl2N8O5. The van der Waals surface area contributed by atoms with Gasteiger partial charge in [-0.3, -0.25) is 28.8 Å². The highest BCUT2D eigenvalue weighted by atomic mass is 35.5. The van der Waals surface area contributed by atoms with Gasteiger partial charge >= 0.3 is 6.09 Å². The third-order valence-electron chi connectivity index (χ3n) is 8.36. The zero-order valence-electron chi connectivity index (χ0n) is 27.3. The Morgan fingerprint density at radius 3 is 2.55 bits per heavy atom. The van der Waals surface area contributed by atoms with Crippen LogP contribution in [0.5, 0.6) is 0 Å². The van der Waals surface area contributed by atoms with E-state index in [1.165, 1.54) is 26.9 Å². The minimum Gasteiger partial charge on any atom is -0.444 e. The van der Waals surface area contributed by atoms with Crippen LogP contribution in [0.4, 0.5) is 10.5 Å². The molecule has 1 fully saturated rings. The normalized spacial score (nSPS) is 18.9. The standard InChI is InChI=1S/C34H36Cl2N8O5/c1-34(2,3)49-33(48)41-17-28-32(47)37-13-6-4-5-10-26(21-8-7-9-23(14-21)44(28)31(46)19-41)42-20-38-25(16-30(42)45)24-15-22(35)11-12-27(24)43-18-29(36)39-40-43/h7-9,11-12,14-16,18,20,26,28H,4-6,10,13,17,19H2,1-3H3,(H,37,47)/t26-,28-/m0/s1. The number of amides is 3. The lowest BCUT2D eigenvalue weighted by Crippen LogP contribution is -2.63. The van der Waals surface area contributed by atoms with E-state index in [1.54, 1.807) is 61.9 Å². The first-order valence-corrected chi connectivity index (χ1v) is 16.8. The van der Waals surface area contributed by atoms with Crippen LogP contribution in [0.25, 0.3) is 16.9 Å². The Balaban J connectivity index is 1.36. The molecule has 0 aliphatic carbocycles. The second-order valence-corrected chi connectivity index (χ2v) is 13.9. The number of carbonyl (C=O) groups is 3. The highest BCUT2D eigenvalue weighted by molar-refractivity contribution is 6.31. The van der Waals surface area contributed by atoms with Gasteiger partial charge in [0.25, 0.3) is 5.56 Å². The number of piperazine rings is 1. The number of aromatic nitrogens is 5. The average molecular weight is 708 g/mol. The first-order chi connectivity index (χ1) is 23.4. The number of benzene rings is 2. The molecule has 3 amide bonds. The number of ether oxygens (including phenoxy) is 1. The monoisotopic (exact) mass is 706 g/mol. The van der Waals surface area contributed by atoms with E-state index in [2.05, 4.69) is 20.6 Å². The number of halogens is 2. The number of nitrogens with one attached hydrogen (secondary N) is 1. The molecule has 256 valence electrons. The molecule has 0 spiro atoms. The molecule has 2 aromatic carbocycles. The number of hydrogen-bond acceptors (Lipinski definition) is 8. The van der Waals surface area contributed by atoms with Crippen molar-refractivity contribution in [2.24, 2.45) is 0 Å². The third-order valence-corrected chi connectivity index (χ3v) is 8.77. The van der Waals surface area contributed by atoms with E-state index < -0.39 is 29.7 Å². The van der Waals surface area contributed by atoms with E-state index >= 15 is 0 Å². The molecule has 1 saturated heterocycles. The summed E-state index contributed by atoms with van der Waals surface area (Å²) in [7, 11) is 0. The number of hydrogen-bond donors (Lipinski definition) is 1. The Bertz CT molecular complexity index is 1950. The molecule has 13 nitrogen and oxygen atoms in total. The van der Waals surface area contributed by atoms with Crippen LogP contribution in [0.15, 0.2) is 65.8 Å². The van der Waals surface area contributed by atoms with Gasteiger partial charge in [0.15, 0.2) is 5.15 Å². The predicted octanol–water partition coefficient (Wildman–Crippen LogP) is 5.03. The van der Waals surface area contributed by atoms with Crippen LogP contribution in [0.1, 0.15) is 58.1 Å². The molecule has 15 heteroatoms. The number of anilines is 1. The molecule has 0 saturated carbocycles. The van der Waals surface area contributed by atoms with Crippen LogP contribution in [0, 0.1) is 0 Å². The summed E-state index contributed by atoms with van der Waals surface area (Å²) >= 11 is 12.4. The van der Waals surface area contributed by atoms with Gasteiger partial charge in [0.1, 0.15) is 18.2 Å². The Kier molecular flexibility index (Phi) is 9.75. The average Bonchev–Trinajstić information content (AvgIpc) is 3.49. The summed E-state index contributed by atoms with van der Waals surface area (Å²) in [6.45, 7) is 5.36. The van der Waals surface area contributed by atoms with Gasteiger partial charge in [0.2, 0.25) is 11.8 Å². The second-order valence-electron chi connectivity index (χ2n) is 13.1. The van der Waals surface area contributed by atoms with Crippen molar-refractivity contribution >= 4 is 46.8 Å². The maximum atomic E-state index is 13.9. The molecule has 2 aliphatic heterocycles. The summed E-state index contributed by atoms with van der Waals surface area (Å²) in [5.74, 6) is -0.776. The van der Waals surface area contributed by atoms with E-state index in [-0.39, 0.29) is 29.7 Å². The highest BCUT2D eigenvalue weighted by Crippen LogP contribution is 2.32. The fraction of sp³-hybridized carbons (Fsp3) is 0.382. The summed E-state index contributed by atoms with van der Waals surface area (Å²) in [6.07, 6.45) is 5.28. The van der Waals surface area contributed by atoms with Crippen molar-refractivity contribution < 1.29 is 19.1 Å². The van der Waals surface area contributed by atoms with Crippen molar-refractivity contribution in [1.29, 1.82) is 0 Å². The van der Waals surface area contributed by atoms with Crippen molar-refractivity contribution in [2.45, 2.75) is 64.1 Å². The van der Waals surface area contributed by atoms with E-state index in [0.29, 0.717) is 47.0 Å². The van der Waals surface area contributed by atoms with Gasteiger partial charge in [-0.2, -0.15) is 0 Å². The zero-order valence-corrected chi connectivity index (χ0v) is 28.8. The summed E-state index contributed by atoms with van der Waals surface area (Å²) in [5, 5.41) is 11.5. The lowest BCUT2D eigenvalue weighted by atomic mass is 9.98. The van der Waals surface area contributed by atoms with Crippen LogP contribution >= 0.6 is 23.2 Å². The summed E-state index contributed by atoms with van der Waals surface area (Å²) in [6, 6.07) is 12.5. The van der Waals surface area contributed by atoms with Crippen molar-refractivity contribution in [1.82, 2.24) is 34.8 Å². The number of nitrogens with zero attached hydrogens (tertiary/aromatic N) is 7. The van der Waals surface area contributed by atoms with Gasteiger partial charge in [0, 0.05) is 28.9 Å². The summed E-state index contributed by atoms with van der Waals surface area (Å²) < 4.78 is 8.59. The molecule has 4 heterocycles. The maximum absolute atomic E-state index is 13.9. The molecule has 2 aromatic heterocycles. The topological polar surface area (TPSA) is 145 Å². The van der Waals surface area contributed by atoms with Crippen LogP contribution in [-0.4, -0.2) is 78.6 Å². The molecule has 2 atom stereocenters. The Morgan fingerprint density at radius 2 is 1.82 bits per heavy atom. The molecule has 2 aliphatic rings. The van der Waals surface area contributed by atoms with E-state index in [1.807, 2.05) is 12.1 Å². The van der Waals surface area contributed by atoms with Crippen molar-refractivity contribution in [2.75, 3.05) is 24.5 Å². The third kappa shape index (κ3) is 7.62. The number of carbonyl (C=O) groups excluding carboxylic acids is 3. The molecule has 4 aromatic rings. The Labute approximate surface area is 292 Å². The Hall–Kier alpha value is -4.75. The predicted molar refractivity (Wildman–Crippen MR) is 184 cm³/mol. The molecule has 2 bridgehead atoms. The minimum atomic E-state index is -0.973. The van der Waals surface area contributed by atoms with Crippen molar-refractivity contribution in [3.63, 3.8) is 0 Å². The SMILES string of the molecule is CC(C)(C)OC(=O)N1CC(=O)N2c3cccc(c3)[C@@H](n3cnc(-c4cc(Cl)ccc4-n4cc(Cl)nn4)cc3=O)CCCCCNC(=O)[C@@H]2C1. The van der Waals surface area contributed by atoms with Crippen LogP contribution < -0.4 is 15.8 Å². The van der Waals surface area contributed by atoms with Crippen LogP contribution in [0.2, 0.25) is 10.2 Å². The molecular weight excluding hydrogens is 671 g/mol. The highest BCUT2D eigenvalue weighted by Gasteiger charge is 2.41. The number of rotatable bonds is 3. The molecule has 0 unspecified atom stereocenters. The fourth-order valence-corrected chi connectivity index (χ4v) is 6.44. The van der Waals surface area contributed by atoms with Gasteiger partial charge in [-0.05, 0) is 69.5 Å². The lowest BCUT2D eigenvalue weighted by molar-refractivity contribution is -0.130. The first kappa shape index (κ1) is 34.1. The molecule has 6 rings (SSSR count). The second kappa shape index (κ2) is 14.0. The fourth-order valence-electron chi connectivity index (χ4n) is 6.14. The van der Waals surface area contributed by atoms with Crippen LogP contribution in [0.3, 0.4) is 0 Å². The quantitative estimate of drug-likeness (QED) is 0.312. The smallest absolute Gasteiger partial charge is 0.410 e. The van der Waals surface area contributed by atoms with E-state index in [0.717, 1.165) is 18.4 Å². The summed E-state index contributed by atoms with van der Waals surface area (Å²) in [5.41, 5.74) is 1.77. The van der Waals surface area contributed by atoms with E-state index in [9.17, 15) is 19.2 Å². The molecule has 1 N–H and O–H groups in total. The van der Waals surface area contributed by atoms with Gasteiger partial charge in [-0.1, -0.05) is 53.4 Å².